The largest absolute Gasteiger partial charge is 0.360 e. The number of urea groups is 1. The molecule has 0 spiro atoms. The third-order valence-electron chi connectivity index (χ3n) is 3.68. The number of hydrogen-bond donors (Lipinski definition) is 1. The van der Waals surface area contributed by atoms with E-state index in [1.54, 1.807) is 4.90 Å². The van der Waals surface area contributed by atoms with Gasteiger partial charge in [0, 0.05) is 37.9 Å². The zero-order valence-corrected chi connectivity index (χ0v) is 13.3. The summed E-state index contributed by atoms with van der Waals surface area (Å²) in [5, 5.41) is 6.68. The molecule has 8 heteroatoms. The third kappa shape index (κ3) is 3.56. The fraction of sp³-hybridized carbons (Fsp3) is 0.333. The first-order valence-corrected chi connectivity index (χ1v) is 7.60. The van der Waals surface area contributed by atoms with Gasteiger partial charge in [-0.15, -0.1) is 0 Å². The van der Waals surface area contributed by atoms with Gasteiger partial charge >= 0.3 is 6.03 Å². The molecule has 0 atom stereocenters. The summed E-state index contributed by atoms with van der Waals surface area (Å²) in [5.41, 5.74) is 0.468. The second-order valence-electron chi connectivity index (χ2n) is 5.33. The lowest BCUT2D eigenvalue weighted by Crippen LogP contribution is -2.50. The summed E-state index contributed by atoms with van der Waals surface area (Å²) < 4.78 is 18.2. The number of rotatable bonds is 2. The number of carbonyl (C=O) groups is 1. The summed E-state index contributed by atoms with van der Waals surface area (Å²) in [5.74, 6) is 1.03. The second kappa shape index (κ2) is 6.45. The molecule has 1 aliphatic rings. The van der Waals surface area contributed by atoms with Gasteiger partial charge in [-0.3, -0.25) is 0 Å². The molecule has 0 radical (unpaired) electrons. The lowest BCUT2D eigenvalue weighted by Gasteiger charge is -2.34. The lowest BCUT2D eigenvalue weighted by molar-refractivity contribution is 0.208. The predicted octanol–water partition coefficient (Wildman–Crippen LogP) is 3.13. The van der Waals surface area contributed by atoms with Gasteiger partial charge in [0.05, 0.1) is 5.02 Å². The topological polar surface area (TPSA) is 61.6 Å². The summed E-state index contributed by atoms with van der Waals surface area (Å²) in [6.07, 6.45) is 0. The van der Waals surface area contributed by atoms with Gasteiger partial charge in [-0.25, -0.2) is 9.18 Å². The summed E-state index contributed by atoms with van der Waals surface area (Å²) >= 11 is 5.71. The Hall–Kier alpha value is -2.28. The van der Waals surface area contributed by atoms with Gasteiger partial charge in [0.2, 0.25) is 0 Å². The van der Waals surface area contributed by atoms with Crippen molar-refractivity contribution >= 4 is 29.1 Å². The molecule has 2 aromatic rings. The van der Waals surface area contributed by atoms with Crippen molar-refractivity contribution in [2.24, 2.45) is 0 Å². The van der Waals surface area contributed by atoms with Gasteiger partial charge in [-0.2, -0.15) is 0 Å². The fourth-order valence-corrected chi connectivity index (χ4v) is 2.60. The van der Waals surface area contributed by atoms with E-state index in [4.69, 9.17) is 16.1 Å². The lowest BCUT2D eigenvalue weighted by atomic mass is 10.3. The van der Waals surface area contributed by atoms with Gasteiger partial charge in [-0.05, 0) is 25.1 Å². The van der Waals surface area contributed by atoms with Crippen LogP contribution in [0.5, 0.6) is 0 Å². The van der Waals surface area contributed by atoms with E-state index in [1.807, 2.05) is 13.0 Å². The normalized spacial score (nSPS) is 14.9. The molecular formula is C15H16ClFN4O2. The van der Waals surface area contributed by atoms with Crippen LogP contribution in [0.1, 0.15) is 5.76 Å². The van der Waals surface area contributed by atoms with Gasteiger partial charge in [0.25, 0.3) is 0 Å². The Kier molecular flexibility index (Phi) is 4.38. The van der Waals surface area contributed by atoms with Crippen LogP contribution < -0.4 is 10.2 Å². The molecule has 0 saturated carbocycles. The molecule has 0 aliphatic carbocycles. The van der Waals surface area contributed by atoms with Crippen LogP contribution in [0.25, 0.3) is 0 Å². The zero-order chi connectivity index (χ0) is 16.4. The number of hydrogen-bond acceptors (Lipinski definition) is 4. The molecule has 2 amide bonds. The molecule has 1 saturated heterocycles. The van der Waals surface area contributed by atoms with Gasteiger partial charge < -0.3 is 19.6 Å². The Labute approximate surface area is 137 Å². The highest BCUT2D eigenvalue weighted by Gasteiger charge is 2.23. The molecule has 0 bridgehead atoms. The number of benzene rings is 1. The summed E-state index contributed by atoms with van der Waals surface area (Å²) in [6, 6.07) is 5.74. The highest BCUT2D eigenvalue weighted by Crippen LogP contribution is 2.20. The van der Waals surface area contributed by atoms with Crippen molar-refractivity contribution in [1.82, 2.24) is 10.1 Å². The minimum Gasteiger partial charge on any atom is -0.360 e. The van der Waals surface area contributed by atoms with E-state index >= 15 is 0 Å². The second-order valence-corrected chi connectivity index (χ2v) is 5.74. The van der Waals surface area contributed by atoms with E-state index < -0.39 is 5.82 Å². The molecule has 0 unspecified atom stereocenters. The number of aryl methyl sites for hydroxylation is 1. The van der Waals surface area contributed by atoms with Crippen molar-refractivity contribution < 1.29 is 13.7 Å². The number of nitrogens with zero attached hydrogens (tertiary/aromatic N) is 3. The first kappa shape index (κ1) is 15.6. The van der Waals surface area contributed by atoms with Crippen molar-refractivity contribution in [2.75, 3.05) is 36.4 Å². The van der Waals surface area contributed by atoms with E-state index in [1.165, 1.54) is 18.2 Å². The Morgan fingerprint density at radius 1 is 1.30 bits per heavy atom. The smallest absolute Gasteiger partial charge is 0.321 e. The molecule has 6 nitrogen and oxygen atoms in total. The van der Waals surface area contributed by atoms with Crippen molar-refractivity contribution in [3.05, 3.63) is 40.9 Å². The number of piperazine rings is 1. The van der Waals surface area contributed by atoms with Gasteiger partial charge in [0.1, 0.15) is 11.6 Å². The molecule has 1 aromatic heterocycles. The standard InChI is InChI=1S/C15H16ClFN4O2/c1-10-8-14(19-23-10)20-4-6-21(7-5-20)15(22)18-11-2-3-13(17)12(16)9-11/h2-3,8-9H,4-7H2,1H3,(H,18,22). The van der Waals surface area contributed by atoms with Crippen LogP contribution >= 0.6 is 11.6 Å². The number of anilines is 2. The third-order valence-corrected chi connectivity index (χ3v) is 3.97. The van der Waals surface area contributed by atoms with Crippen molar-refractivity contribution in [1.29, 1.82) is 0 Å². The van der Waals surface area contributed by atoms with Crippen LogP contribution in [0.2, 0.25) is 5.02 Å². The van der Waals surface area contributed by atoms with Crippen LogP contribution in [0.4, 0.5) is 20.7 Å². The molecule has 1 fully saturated rings. The Morgan fingerprint density at radius 2 is 2.04 bits per heavy atom. The molecule has 1 aromatic carbocycles. The molecular weight excluding hydrogens is 323 g/mol. The van der Waals surface area contributed by atoms with Crippen LogP contribution in [-0.4, -0.2) is 42.3 Å². The highest BCUT2D eigenvalue weighted by atomic mass is 35.5. The number of amides is 2. The van der Waals surface area contributed by atoms with E-state index in [-0.39, 0.29) is 11.1 Å². The van der Waals surface area contributed by atoms with Crippen molar-refractivity contribution in [3.63, 3.8) is 0 Å². The zero-order valence-electron chi connectivity index (χ0n) is 12.6. The Bertz CT molecular complexity index is 713. The first-order valence-electron chi connectivity index (χ1n) is 7.22. The first-order chi connectivity index (χ1) is 11.0. The maximum atomic E-state index is 13.1. The maximum absolute atomic E-state index is 13.1. The molecule has 2 heterocycles. The van der Waals surface area contributed by atoms with E-state index in [9.17, 15) is 9.18 Å². The number of aromatic nitrogens is 1. The minimum absolute atomic E-state index is 0.0194. The Morgan fingerprint density at radius 3 is 2.65 bits per heavy atom. The van der Waals surface area contributed by atoms with E-state index in [0.717, 1.165) is 11.6 Å². The average Bonchev–Trinajstić information content (AvgIpc) is 2.97. The minimum atomic E-state index is -0.513. The molecule has 122 valence electrons. The Balaban J connectivity index is 1.56. The number of carbonyl (C=O) groups excluding carboxylic acids is 1. The van der Waals surface area contributed by atoms with Crippen LogP contribution in [0.3, 0.4) is 0 Å². The fourth-order valence-electron chi connectivity index (χ4n) is 2.42. The maximum Gasteiger partial charge on any atom is 0.321 e. The summed E-state index contributed by atoms with van der Waals surface area (Å²) in [6.45, 7) is 4.31. The van der Waals surface area contributed by atoms with Gasteiger partial charge in [-0.1, -0.05) is 16.8 Å². The van der Waals surface area contributed by atoms with Crippen LogP contribution in [0, 0.1) is 12.7 Å². The van der Waals surface area contributed by atoms with E-state index in [2.05, 4.69) is 15.4 Å². The SMILES string of the molecule is Cc1cc(N2CCN(C(=O)Nc3ccc(F)c(Cl)c3)CC2)no1. The number of nitrogens with one attached hydrogen (secondary N) is 1. The van der Waals surface area contributed by atoms with Crippen LogP contribution in [-0.2, 0) is 0 Å². The van der Waals surface area contributed by atoms with Crippen molar-refractivity contribution in [2.45, 2.75) is 6.92 Å². The molecule has 3 rings (SSSR count). The molecule has 1 N–H and O–H groups in total. The predicted molar refractivity (Wildman–Crippen MR) is 85.5 cm³/mol. The molecule has 23 heavy (non-hydrogen) atoms. The number of halogens is 2. The van der Waals surface area contributed by atoms with Crippen molar-refractivity contribution in [3.8, 4) is 0 Å². The van der Waals surface area contributed by atoms with E-state index in [0.29, 0.717) is 31.9 Å². The summed E-state index contributed by atoms with van der Waals surface area (Å²) in [4.78, 5) is 16.0. The van der Waals surface area contributed by atoms with Gasteiger partial charge in [0.15, 0.2) is 5.82 Å². The summed E-state index contributed by atoms with van der Waals surface area (Å²) in [7, 11) is 0. The molecule has 1 aliphatic heterocycles. The highest BCUT2D eigenvalue weighted by molar-refractivity contribution is 6.31. The quantitative estimate of drug-likeness (QED) is 0.913. The van der Waals surface area contributed by atoms with Crippen LogP contribution in [0.15, 0.2) is 28.8 Å². The monoisotopic (exact) mass is 338 g/mol. The average molecular weight is 339 g/mol.